The molecule has 3 saturated heterocycles. The Kier molecular flexibility index (Phi) is 3.76. The van der Waals surface area contributed by atoms with Crippen molar-refractivity contribution < 1.29 is 14.3 Å². The van der Waals surface area contributed by atoms with E-state index in [-0.39, 0.29) is 23.8 Å². The minimum atomic E-state index is 0.0310. The third-order valence-electron chi connectivity index (χ3n) is 4.91. The molecule has 124 valence electrons. The van der Waals surface area contributed by atoms with Gasteiger partial charge in [-0.2, -0.15) is 0 Å². The van der Waals surface area contributed by atoms with Crippen LogP contribution in [-0.2, 0) is 20.9 Å². The highest BCUT2D eigenvalue weighted by Gasteiger charge is 2.37. The van der Waals surface area contributed by atoms with Crippen molar-refractivity contribution in [1.82, 2.24) is 24.8 Å². The van der Waals surface area contributed by atoms with Gasteiger partial charge in [0.25, 0.3) is 0 Å². The van der Waals surface area contributed by atoms with Gasteiger partial charge in [0.15, 0.2) is 0 Å². The molecule has 0 aromatic carbocycles. The number of nitrogens with zero attached hydrogens (tertiary/aromatic N) is 5. The lowest BCUT2D eigenvalue weighted by molar-refractivity contribution is -0.141. The number of amides is 2. The molecule has 1 unspecified atom stereocenters. The van der Waals surface area contributed by atoms with E-state index in [0.29, 0.717) is 39.3 Å². The van der Waals surface area contributed by atoms with Crippen LogP contribution in [0.5, 0.6) is 0 Å². The lowest BCUT2D eigenvalue weighted by Gasteiger charge is -2.40. The van der Waals surface area contributed by atoms with Crippen LogP contribution in [0.2, 0.25) is 0 Å². The number of carbonyl (C=O) groups excluding carboxylic acids is 2. The van der Waals surface area contributed by atoms with E-state index in [9.17, 15) is 9.59 Å². The van der Waals surface area contributed by atoms with Gasteiger partial charge in [-0.15, -0.1) is 5.10 Å². The quantitative estimate of drug-likeness (QED) is 0.769. The molecule has 3 aliphatic heterocycles. The van der Waals surface area contributed by atoms with Gasteiger partial charge in [0.1, 0.15) is 5.69 Å². The summed E-state index contributed by atoms with van der Waals surface area (Å²) in [6, 6.07) is 0.191. The summed E-state index contributed by atoms with van der Waals surface area (Å²) in [5.74, 6) is 0.420. The highest BCUT2D eigenvalue weighted by atomic mass is 16.5. The maximum atomic E-state index is 12.2. The summed E-state index contributed by atoms with van der Waals surface area (Å²) in [5.41, 5.74) is 0.814. The van der Waals surface area contributed by atoms with Gasteiger partial charge in [-0.1, -0.05) is 5.21 Å². The van der Waals surface area contributed by atoms with Crippen LogP contribution in [0.1, 0.15) is 31.0 Å². The van der Waals surface area contributed by atoms with Crippen molar-refractivity contribution >= 4 is 11.8 Å². The van der Waals surface area contributed by atoms with Crippen LogP contribution >= 0.6 is 0 Å². The van der Waals surface area contributed by atoms with E-state index in [0.717, 1.165) is 25.1 Å². The van der Waals surface area contributed by atoms with Crippen molar-refractivity contribution in [3.05, 3.63) is 11.9 Å². The van der Waals surface area contributed by atoms with Crippen LogP contribution in [0.4, 0.5) is 0 Å². The van der Waals surface area contributed by atoms with E-state index < -0.39 is 0 Å². The number of hydrogen-bond donors (Lipinski definition) is 0. The molecule has 0 N–H and O–H groups in total. The van der Waals surface area contributed by atoms with E-state index in [1.807, 2.05) is 20.7 Å². The minimum Gasteiger partial charge on any atom is -0.381 e. The van der Waals surface area contributed by atoms with Crippen molar-refractivity contribution in [3.8, 4) is 0 Å². The number of ether oxygens (including phenoxy) is 1. The molecule has 0 radical (unpaired) electrons. The Morgan fingerprint density at radius 1 is 1.39 bits per heavy atom. The zero-order valence-corrected chi connectivity index (χ0v) is 13.1. The zero-order valence-electron chi connectivity index (χ0n) is 13.1. The Morgan fingerprint density at radius 2 is 2.26 bits per heavy atom. The molecule has 2 amide bonds. The molecule has 0 bridgehead atoms. The second-order valence-corrected chi connectivity index (χ2v) is 6.57. The number of rotatable bonds is 4. The van der Waals surface area contributed by atoms with Crippen molar-refractivity contribution in [3.63, 3.8) is 0 Å². The number of likely N-dealkylation sites (tertiary alicyclic amines) is 2. The summed E-state index contributed by atoms with van der Waals surface area (Å²) in [4.78, 5) is 27.6. The molecule has 0 spiro atoms. The largest absolute Gasteiger partial charge is 0.381 e. The van der Waals surface area contributed by atoms with Gasteiger partial charge in [-0.3, -0.25) is 9.59 Å². The van der Waals surface area contributed by atoms with Crippen LogP contribution in [-0.4, -0.2) is 69.5 Å². The maximum Gasteiger partial charge on any atom is 0.228 e. The molecular weight excluding hydrogens is 298 g/mol. The average molecular weight is 319 g/mol. The summed E-state index contributed by atoms with van der Waals surface area (Å²) in [6.07, 6.45) is 4.30. The lowest BCUT2D eigenvalue weighted by atomic mass is 10.0. The van der Waals surface area contributed by atoms with Crippen molar-refractivity contribution in [2.75, 3.05) is 32.8 Å². The first-order chi connectivity index (χ1) is 11.2. The van der Waals surface area contributed by atoms with Crippen LogP contribution in [0, 0.1) is 5.92 Å². The molecule has 0 aliphatic carbocycles. The monoisotopic (exact) mass is 319 g/mol. The van der Waals surface area contributed by atoms with Gasteiger partial charge in [-0.05, 0) is 12.8 Å². The molecule has 23 heavy (non-hydrogen) atoms. The first-order valence-electron chi connectivity index (χ1n) is 8.26. The van der Waals surface area contributed by atoms with E-state index >= 15 is 0 Å². The Balaban J connectivity index is 1.30. The van der Waals surface area contributed by atoms with Crippen molar-refractivity contribution in [2.45, 2.75) is 31.8 Å². The molecule has 4 rings (SSSR count). The Bertz CT molecular complexity index is 604. The molecule has 8 heteroatoms. The van der Waals surface area contributed by atoms with E-state index in [2.05, 4.69) is 10.3 Å². The summed E-state index contributed by atoms with van der Waals surface area (Å²) < 4.78 is 7.10. The molecule has 4 heterocycles. The Hall–Kier alpha value is -1.96. The third kappa shape index (κ3) is 2.83. The van der Waals surface area contributed by atoms with Gasteiger partial charge in [-0.25, -0.2) is 4.68 Å². The van der Waals surface area contributed by atoms with Gasteiger partial charge in [0.05, 0.1) is 31.3 Å². The van der Waals surface area contributed by atoms with E-state index in [1.165, 1.54) is 0 Å². The summed E-state index contributed by atoms with van der Waals surface area (Å²) in [5, 5.41) is 8.32. The molecule has 1 atom stereocenters. The first kappa shape index (κ1) is 14.6. The molecule has 3 aliphatic rings. The molecule has 1 aromatic heterocycles. The third-order valence-corrected chi connectivity index (χ3v) is 4.91. The highest BCUT2D eigenvalue weighted by Crippen LogP contribution is 2.25. The maximum absolute atomic E-state index is 12.2. The lowest BCUT2D eigenvalue weighted by Crippen LogP contribution is -2.52. The fourth-order valence-corrected chi connectivity index (χ4v) is 3.42. The smallest absolute Gasteiger partial charge is 0.228 e. The fourth-order valence-electron chi connectivity index (χ4n) is 3.42. The van der Waals surface area contributed by atoms with E-state index in [4.69, 9.17) is 4.74 Å². The molecule has 0 saturated carbocycles. The number of aromatic nitrogens is 3. The normalized spacial score (nSPS) is 25.2. The summed E-state index contributed by atoms with van der Waals surface area (Å²) in [6.45, 7) is 3.95. The number of hydrogen-bond acceptors (Lipinski definition) is 5. The zero-order chi connectivity index (χ0) is 15.8. The fraction of sp³-hybridized carbons (Fsp3) is 0.733. The van der Waals surface area contributed by atoms with Gasteiger partial charge >= 0.3 is 0 Å². The second-order valence-electron chi connectivity index (χ2n) is 6.57. The summed E-state index contributed by atoms with van der Waals surface area (Å²) >= 11 is 0. The molecule has 8 nitrogen and oxygen atoms in total. The first-order valence-corrected chi connectivity index (χ1v) is 8.26. The molecule has 1 aromatic rings. The Labute approximate surface area is 134 Å². The van der Waals surface area contributed by atoms with Crippen molar-refractivity contribution in [1.29, 1.82) is 0 Å². The second kappa shape index (κ2) is 5.92. The van der Waals surface area contributed by atoms with Gasteiger partial charge in [0.2, 0.25) is 11.8 Å². The predicted octanol–water partition coefficient (Wildman–Crippen LogP) is -0.180. The Morgan fingerprint density at radius 3 is 2.96 bits per heavy atom. The standard InChI is InChI=1S/C15H21N5O3/c21-14-2-1-4-18(14)6-12-7-20(17-16-12)13-8-19(9-13)15(22)11-3-5-23-10-11/h7,11,13H,1-6,8-10H2. The van der Waals surface area contributed by atoms with Gasteiger partial charge in [0, 0.05) is 32.7 Å². The van der Waals surface area contributed by atoms with Gasteiger partial charge < -0.3 is 14.5 Å². The minimum absolute atomic E-state index is 0.0310. The average Bonchev–Trinajstić information content (AvgIpc) is 3.21. The van der Waals surface area contributed by atoms with Crippen LogP contribution in [0.15, 0.2) is 6.20 Å². The van der Waals surface area contributed by atoms with Crippen LogP contribution in [0.3, 0.4) is 0 Å². The van der Waals surface area contributed by atoms with Crippen molar-refractivity contribution in [2.24, 2.45) is 5.92 Å². The summed E-state index contributed by atoms with van der Waals surface area (Å²) in [7, 11) is 0. The highest BCUT2D eigenvalue weighted by molar-refractivity contribution is 5.80. The molecule has 3 fully saturated rings. The SMILES string of the molecule is O=C1CCCN1Cc1cn(C2CN(C(=O)C3CCOC3)C2)nn1. The topological polar surface area (TPSA) is 80.6 Å². The number of carbonyl (C=O) groups is 2. The van der Waals surface area contributed by atoms with E-state index in [1.54, 1.807) is 0 Å². The predicted molar refractivity (Wildman–Crippen MR) is 79.2 cm³/mol. The van der Waals surface area contributed by atoms with Crippen LogP contribution < -0.4 is 0 Å². The molecular formula is C15H21N5O3. The van der Waals surface area contributed by atoms with Crippen LogP contribution in [0.25, 0.3) is 0 Å².